The molecule has 1 aliphatic heterocycles. The molecule has 5 heterocycles. The smallest absolute Gasteiger partial charge is 0.201 e. The van der Waals surface area contributed by atoms with E-state index < -0.39 is 0 Å². The van der Waals surface area contributed by atoms with Crippen molar-refractivity contribution in [1.29, 1.82) is 5.26 Å². The van der Waals surface area contributed by atoms with E-state index in [2.05, 4.69) is 44.0 Å². The summed E-state index contributed by atoms with van der Waals surface area (Å²) in [5.74, 6) is 0.526. The zero-order valence-corrected chi connectivity index (χ0v) is 21.4. The first-order chi connectivity index (χ1) is 18.1. The average Bonchev–Trinajstić information content (AvgIpc) is 3.69. The fourth-order valence-electron chi connectivity index (χ4n) is 5.07. The van der Waals surface area contributed by atoms with E-state index in [0.29, 0.717) is 23.3 Å². The molecule has 9 nitrogen and oxygen atoms in total. The van der Waals surface area contributed by atoms with E-state index in [-0.39, 0.29) is 6.10 Å². The number of piperidine rings is 1. The lowest BCUT2D eigenvalue weighted by Crippen LogP contribution is -2.30. The summed E-state index contributed by atoms with van der Waals surface area (Å²) in [6.45, 7) is 6.02. The SMILES string of the molecule is Cc1c(-c2cc(OC(C)c3ccccc3-c3ccsn3)n3c(C#N)cnc3c2)nnn1C1CCNCC1. The Morgan fingerprint density at radius 1 is 1.19 bits per heavy atom. The normalized spacial score (nSPS) is 15.1. The molecule has 6 rings (SSSR count). The third-order valence-corrected chi connectivity index (χ3v) is 7.51. The summed E-state index contributed by atoms with van der Waals surface area (Å²) in [6.07, 6.45) is 3.31. The number of aromatic nitrogens is 6. The number of fused-ring (bicyclic) bond motifs is 1. The molecule has 10 heteroatoms. The highest BCUT2D eigenvalue weighted by atomic mass is 32.1. The summed E-state index contributed by atoms with van der Waals surface area (Å²) in [4.78, 5) is 4.49. The maximum Gasteiger partial charge on any atom is 0.201 e. The van der Waals surface area contributed by atoms with Crippen LogP contribution in [0.5, 0.6) is 5.88 Å². The molecule has 0 saturated carbocycles. The van der Waals surface area contributed by atoms with Crippen molar-refractivity contribution in [3.63, 3.8) is 0 Å². The van der Waals surface area contributed by atoms with Crippen LogP contribution >= 0.6 is 11.5 Å². The Balaban J connectivity index is 1.41. The van der Waals surface area contributed by atoms with Gasteiger partial charge in [0.2, 0.25) is 5.88 Å². The van der Waals surface area contributed by atoms with Crippen molar-refractivity contribution in [2.24, 2.45) is 0 Å². The first kappa shape index (κ1) is 23.3. The van der Waals surface area contributed by atoms with Gasteiger partial charge in [0.15, 0.2) is 0 Å². The number of pyridine rings is 1. The number of nitrogens with one attached hydrogen (secondary N) is 1. The van der Waals surface area contributed by atoms with Crippen molar-refractivity contribution >= 4 is 17.2 Å². The van der Waals surface area contributed by atoms with Gasteiger partial charge >= 0.3 is 0 Å². The molecule has 1 aliphatic rings. The highest BCUT2D eigenvalue weighted by Gasteiger charge is 2.23. The first-order valence-electron chi connectivity index (χ1n) is 12.3. The summed E-state index contributed by atoms with van der Waals surface area (Å²) in [5.41, 5.74) is 6.65. The molecule has 0 radical (unpaired) electrons. The van der Waals surface area contributed by atoms with Crippen LogP contribution in [0.3, 0.4) is 0 Å². The lowest BCUT2D eigenvalue weighted by molar-refractivity contribution is 0.215. The Morgan fingerprint density at radius 2 is 2.03 bits per heavy atom. The van der Waals surface area contributed by atoms with Crippen molar-refractivity contribution in [3.05, 3.63) is 71.0 Å². The molecular weight excluding hydrogens is 484 g/mol. The van der Waals surface area contributed by atoms with Gasteiger partial charge in [-0.15, -0.1) is 5.10 Å². The topological polar surface area (TPSA) is 106 Å². The number of ether oxygens (including phenoxy) is 1. The number of nitrogens with zero attached hydrogens (tertiary/aromatic N) is 7. The van der Waals surface area contributed by atoms with Crippen LogP contribution in [-0.4, -0.2) is 41.8 Å². The van der Waals surface area contributed by atoms with Gasteiger partial charge in [-0.25, -0.2) is 9.67 Å². The van der Waals surface area contributed by atoms with E-state index in [4.69, 9.17) is 4.74 Å². The van der Waals surface area contributed by atoms with Gasteiger partial charge in [-0.3, -0.25) is 4.40 Å². The molecule has 1 fully saturated rings. The lowest BCUT2D eigenvalue weighted by atomic mass is 10.0. The van der Waals surface area contributed by atoms with E-state index in [1.165, 1.54) is 11.5 Å². The van der Waals surface area contributed by atoms with Gasteiger partial charge in [0.05, 0.1) is 23.6 Å². The summed E-state index contributed by atoms with van der Waals surface area (Å²) < 4.78 is 14.9. The minimum Gasteiger partial charge on any atom is -0.471 e. The van der Waals surface area contributed by atoms with Crippen molar-refractivity contribution in [2.75, 3.05) is 13.1 Å². The molecule has 37 heavy (non-hydrogen) atoms. The molecule has 1 atom stereocenters. The van der Waals surface area contributed by atoms with Crippen molar-refractivity contribution in [2.45, 2.75) is 38.8 Å². The molecule has 1 N–H and O–H groups in total. The highest BCUT2D eigenvalue weighted by Crippen LogP contribution is 2.34. The van der Waals surface area contributed by atoms with Gasteiger partial charge in [0, 0.05) is 28.1 Å². The van der Waals surface area contributed by atoms with Crippen LogP contribution in [0.2, 0.25) is 0 Å². The van der Waals surface area contributed by atoms with Gasteiger partial charge in [-0.2, -0.15) is 9.64 Å². The molecule has 0 bridgehead atoms. The maximum absolute atomic E-state index is 9.74. The van der Waals surface area contributed by atoms with E-state index in [0.717, 1.165) is 59.7 Å². The van der Waals surface area contributed by atoms with Crippen LogP contribution in [0.25, 0.3) is 28.2 Å². The summed E-state index contributed by atoms with van der Waals surface area (Å²) in [6, 6.07) is 16.5. The fraction of sp³-hybridized carbons (Fsp3) is 0.296. The number of rotatable bonds is 6. The Labute approximate surface area is 218 Å². The number of hydrogen-bond donors (Lipinski definition) is 1. The van der Waals surface area contributed by atoms with Crippen LogP contribution in [0.4, 0.5) is 0 Å². The van der Waals surface area contributed by atoms with Crippen molar-refractivity contribution in [1.82, 2.24) is 34.1 Å². The zero-order valence-electron chi connectivity index (χ0n) is 20.6. The third kappa shape index (κ3) is 4.26. The van der Waals surface area contributed by atoms with Crippen LogP contribution < -0.4 is 10.1 Å². The lowest BCUT2D eigenvalue weighted by Gasteiger charge is -2.23. The van der Waals surface area contributed by atoms with E-state index in [1.54, 1.807) is 10.6 Å². The Bertz CT molecular complexity index is 1590. The van der Waals surface area contributed by atoms with Gasteiger partial charge < -0.3 is 10.1 Å². The highest BCUT2D eigenvalue weighted by molar-refractivity contribution is 7.03. The first-order valence-corrected chi connectivity index (χ1v) is 13.2. The standard InChI is InChI=1S/C27H26N8OS/c1-17-27(31-33-35(17)20-7-10-29-11-8-20)19-13-25-30-16-21(15-28)34(25)26(14-19)36-18(2)22-5-3-4-6-23(22)24-9-12-37-32-24/h3-6,9,12-14,16,18,20,29H,7-8,10-11H2,1-2H3. The third-order valence-electron chi connectivity index (χ3n) is 6.95. The van der Waals surface area contributed by atoms with E-state index in [9.17, 15) is 5.26 Å². The number of nitriles is 1. The Hall–Kier alpha value is -4.07. The van der Waals surface area contributed by atoms with Gasteiger partial charge in [0.1, 0.15) is 29.2 Å². The molecule has 0 spiro atoms. The number of imidazole rings is 1. The molecule has 1 saturated heterocycles. The minimum atomic E-state index is -0.309. The molecule has 0 aliphatic carbocycles. The molecule has 1 unspecified atom stereocenters. The summed E-state index contributed by atoms with van der Waals surface area (Å²) in [5, 5.41) is 24.2. The summed E-state index contributed by atoms with van der Waals surface area (Å²) >= 11 is 1.42. The van der Waals surface area contributed by atoms with E-state index >= 15 is 0 Å². The zero-order chi connectivity index (χ0) is 25.4. The average molecular weight is 511 g/mol. The molecule has 5 aromatic rings. The quantitative estimate of drug-likeness (QED) is 0.344. The van der Waals surface area contributed by atoms with Gasteiger partial charge in [-0.1, -0.05) is 29.5 Å². The van der Waals surface area contributed by atoms with Gasteiger partial charge in [-0.05, 0) is 63.4 Å². The van der Waals surface area contributed by atoms with E-state index in [1.807, 2.05) is 53.4 Å². The molecule has 4 aromatic heterocycles. The fourth-order valence-corrected chi connectivity index (χ4v) is 5.59. The number of benzene rings is 1. The minimum absolute atomic E-state index is 0.309. The molecular formula is C27H26N8OS. The Kier molecular flexibility index (Phi) is 6.16. The predicted octanol–water partition coefficient (Wildman–Crippen LogP) is 4.96. The Morgan fingerprint density at radius 3 is 2.81 bits per heavy atom. The predicted molar refractivity (Wildman–Crippen MR) is 141 cm³/mol. The van der Waals surface area contributed by atoms with Crippen LogP contribution in [0, 0.1) is 18.3 Å². The second-order valence-electron chi connectivity index (χ2n) is 9.21. The van der Waals surface area contributed by atoms with Crippen molar-refractivity contribution < 1.29 is 4.74 Å². The van der Waals surface area contributed by atoms with Crippen LogP contribution in [-0.2, 0) is 0 Å². The monoisotopic (exact) mass is 510 g/mol. The second-order valence-corrected chi connectivity index (χ2v) is 9.88. The maximum atomic E-state index is 9.74. The van der Waals surface area contributed by atoms with Gasteiger partial charge in [0.25, 0.3) is 0 Å². The molecule has 0 amide bonds. The molecule has 186 valence electrons. The van der Waals surface area contributed by atoms with Crippen LogP contribution in [0.15, 0.2) is 54.0 Å². The molecule has 1 aromatic carbocycles. The second kappa shape index (κ2) is 9.76. The van der Waals surface area contributed by atoms with Crippen LogP contribution in [0.1, 0.15) is 48.9 Å². The summed E-state index contributed by atoms with van der Waals surface area (Å²) in [7, 11) is 0. The number of hydrogen-bond acceptors (Lipinski definition) is 8. The largest absolute Gasteiger partial charge is 0.471 e. The van der Waals surface area contributed by atoms with Crippen molar-refractivity contribution in [3.8, 4) is 34.5 Å².